The Morgan fingerprint density at radius 2 is 1.92 bits per heavy atom. The third-order valence-corrected chi connectivity index (χ3v) is 4.88. The summed E-state index contributed by atoms with van der Waals surface area (Å²) in [6, 6.07) is 11.1. The second kappa shape index (κ2) is 7.61. The predicted octanol–water partition coefficient (Wildman–Crippen LogP) is 3.19. The minimum absolute atomic E-state index is 0.0682. The molecule has 0 aliphatic carbocycles. The number of carbonyl (C=O) groups is 1. The summed E-state index contributed by atoms with van der Waals surface area (Å²) in [6.07, 6.45) is 0.771. The van der Waals surface area contributed by atoms with Gasteiger partial charge in [-0.15, -0.1) is 0 Å². The number of rotatable bonds is 6. The van der Waals surface area contributed by atoms with Crippen molar-refractivity contribution in [2.75, 3.05) is 5.75 Å². The number of para-hydroxylation sites is 1. The van der Waals surface area contributed by atoms with E-state index >= 15 is 0 Å². The van der Waals surface area contributed by atoms with Crippen LogP contribution in [0.1, 0.15) is 23.7 Å². The van der Waals surface area contributed by atoms with Crippen LogP contribution in [-0.4, -0.2) is 31.3 Å². The van der Waals surface area contributed by atoms with Crippen LogP contribution in [0.5, 0.6) is 11.5 Å². The number of carbonyl (C=O) groups excluding carboxylic acids is 1. The average molecular weight is 370 g/mol. The molecule has 26 heavy (non-hydrogen) atoms. The molecule has 1 heterocycles. The van der Waals surface area contributed by atoms with Gasteiger partial charge in [-0.3, -0.25) is 14.2 Å². The van der Waals surface area contributed by atoms with Gasteiger partial charge in [0.15, 0.2) is 22.4 Å². The summed E-state index contributed by atoms with van der Waals surface area (Å²) in [5, 5.41) is 19.9. The largest absolute Gasteiger partial charge is 0.504 e. The molecule has 0 atom stereocenters. The van der Waals surface area contributed by atoms with E-state index in [1.54, 1.807) is 22.8 Å². The summed E-state index contributed by atoms with van der Waals surface area (Å²) >= 11 is 1.19. The highest BCUT2D eigenvalue weighted by atomic mass is 32.2. The van der Waals surface area contributed by atoms with Gasteiger partial charge in [0.2, 0.25) is 0 Å². The van der Waals surface area contributed by atoms with Crippen molar-refractivity contribution < 1.29 is 15.0 Å². The van der Waals surface area contributed by atoms with Crippen LogP contribution in [0.25, 0.3) is 10.9 Å². The van der Waals surface area contributed by atoms with Gasteiger partial charge < -0.3 is 10.2 Å². The highest BCUT2D eigenvalue weighted by Crippen LogP contribution is 2.26. The first-order valence-corrected chi connectivity index (χ1v) is 9.17. The number of phenols is 2. The monoisotopic (exact) mass is 370 g/mol. The quantitative estimate of drug-likeness (QED) is 0.300. The van der Waals surface area contributed by atoms with E-state index in [0.717, 1.165) is 6.42 Å². The number of thioether (sulfide) groups is 1. The first-order chi connectivity index (χ1) is 12.5. The number of nitrogens with zero attached hydrogens (tertiary/aromatic N) is 2. The molecular formula is C19H18N2O4S. The topological polar surface area (TPSA) is 92.4 Å². The minimum atomic E-state index is -0.340. The summed E-state index contributed by atoms with van der Waals surface area (Å²) in [7, 11) is 0. The average Bonchev–Trinajstić information content (AvgIpc) is 2.64. The van der Waals surface area contributed by atoms with Crippen LogP contribution in [-0.2, 0) is 6.54 Å². The summed E-state index contributed by atoms with van der Waals surface area (Å²) in [4.78, 5) is 29.6. The van der Waals surface area contributed by atoms with E-state index < -0.39 is 0 Å². The van der Waals surface area contributed by atoms with Crippen molar-refractivity contribution in [2.45, 2.75) is 25.0 Å². The zero-order valence-corrected chi connectivity index (χ0v) is 15.0. The van der Waals surface area contributed by atoms with Gasteiger partial charge in [-0.1, -0.05) is 30.8 Å². The van der Waals surface area contributed by atoms with Crippen molar-refractivity contribution >= 4 is 28.4 Å². The number of hydrogen-bond acceptors (Lipinski definition) is 6. The van der Waals surface area contributed by atoms with E-state index in [2.05, 4.69) is 4.98 Å². The minimum Gasteiger partial charge on any atom is -0.504 e. The Hall–Kier alpha value is -2.80. The standard InChI is InChI=1S/C19H18N2O4S/c1-2-9-21-18(25)13-5-3-4-6-14(13)20-19(21)26-11-17(24)12-7-8-15(22)16(23)10-12/h3-8,10,22-23H,2,9,11H2,1H3. The molecule has 2 aromatic carbocycles. The van der Waals surface area contributed by atoms with Crippen molar-refractivity contribution in [1.29, 1.82) is 0 Å². The van der Waals surface area contributed by atoms with Gasteiger partial charge in [0.25, 0.3) is 5.56 Å². The molecule has 0 saturated carbocycles. The van der Waals surface area contributed by atoms with E-state index in [0.29, 0.717) is 22.6 Å². The first-order valence-electron chi connectivity index (χ1n) is 8.18. The fourth-order valence-electron chi connectivity index (χ4n) is 2.59. The van der Waals surface area contributed by atoms with Crippen LogP contribution >= 0.6 is 11.8 Å². The lowest BCUT2D eigenvalue weighted by atomic mass is 10.1. The van der Waals surface area contributed by atoms with Crippen LogP contribution in [0.2, 0.25) is 0 Å². The van der Waals surface area contributed by atoms with Gasteiger partial charge in [-0.05, 0) is 36.8 Å². The van der Waals surface area contributed by atoms with Gasteiger partial charge in [-0.25, -0.2) is 4.98 Å². The highest BCUT2D eigenvalue weighted by molar-refractivity contribution is 7.99. The van der Waals surface area contributed by atoms with Gasteiger partial charge in [-0.2, -0.15) is 0 Å². The van der Waals surface area contributed by atoms with E-state index in [-0.39, 0.29) is 34.2 Å². The summed E-state index contributed by atoms with van der Waals surface area (Å²) in [5.41, 5.74) is 0.773. The van der Waals surface area contributed by atoms with Gasteiger partial charge >= 0.3 is 0 Å². The van der Waals surface area contributed by atoms with Gasteiger partial charge in [0.05, 0.1) is 16.7 Å². The van der Waals surface area contributed by atoms with E-state index in [9.17, 15) is 19.8 Å². The van der Waals surface area contributed by atoms with Crippen LogP contribution < -0.4 is 5.56 Å². The maximum absolute atomic E-state index is 12.7. The SMILES string of the molecule is CCCn1c(SCC(=O)c2ccc(O)c(O)c2)nc2ccccc2c1=O. The van der Waals surface area contributed by atoms with Crippen LogP contribution in [0, 0.1) is 0 Å². The molecule has 0 aliphatic heterocycles. The Balaban J connectivity index is 1.90. The number of aromatic nitrogens is 2. The second-order valence-corrected chi connectivity index (χ2v) is 6.73. The number of aromatic hydroxyl groups is 2. The third kappa shape index (κ3) is 3.57. The molecule has 0 amide bonds. The molecule has 3 rings (SSSR count). The Morgan fingerprint density at radius 1 is 1.15 bits per heavy atom. The highest BCUT2D eigenvalue weighted by Gasteiger charge is 2.14. The lowest BCUT2D eigenvalue weighted by Crippen LogP contribution is -2.23. The Bertz CT molecular complexity index is 1030. The predicted molar refractivity (Wildman–Crippen MR) is 101 cm³/mol. The number of fused-ring (bicyclic) bond motifs is 1. The molecule has 0 bridgehead atoms. The Labute approximate surface area is 154 Å². The van der Waals surface area contributed by atoms with Crippen molar-refractivity contribution in [1.82, 2.24) is 9.55 Å². The molecule has 0 saturated heterocycles. The lowest BCUT2D eigenvalue weighted by molar-refractivity contribution is 0.102. The van der Waals surface area contributed by atoms with E-state index in [4.69, 9.17) is 0 Å². The molecule has 0 spiro atoms. The zero-order chi connectivity index (χ0) is 18.7. The first kappa shape index (κ1) is 18.0. The molecule has 0 unspecified atom stereocenters. The maximum Gasteiger partial charge on any atom is 0.262 e. The molecule has 3 aromatic rings. The van der Waals surface area contributed by atoms with Crippen LogP contribution in [0.4, 0.5) is 0 Å². The van der Waals surface area contributed by atoms with Gasteiger partial charge in [0.1, 0.15) is 0 Å². The molecule has 6 nitrogen and oxygen atoms in total. The molecule has 0 aliphatic rings. The number of benzene rings is 2. The maximum atomic E-state index is 12.7. The molecule has 1 aromatic heterocycles. The number of hydrogen-bond donors (Lipinski definition) is 2. The normalized spacial score (nSPS) is 11.0. The molecule has 134 valence electrons. The molecule has 2 N–H and O–H groups in total. The van der Waals surface area contributed by atoms with Crippen molar-refractivity contribution in [3.8, 4) is 11.5 Å². The van der Waals surface area contributed by atoms with Crippen LogP contribution in [0.3, 0.4) is 0 Å². The van der Waals surface area contributed by atoms with E-state index in [1.807, 2.05) is 13.0 Å². The Morgan fingerprint density at radius 3 is 2.65 bits per heavy atom. The molecule has 0 fully saturated rings. The van der Waals surface area contributed by atoms with Crippen LogP contribution in [0.15, 0.2) is 52.4 Å². The number of ketones is 1. The summed E-state index contributed by atoms with van der Waals surface area (Å²) < 4.78 is 1.59. The summed E-state index contributed by atoms with van der Waals surface area (Å²) in [6.45, 7) is 2.49. The second-order valence-electron chi connectivity index (χ2n) is 5.78. The third-order valence-electron chi connectivity index (χ3n) is 3.90. The fourth-order valence-corrected chi connectivity index (χ4v) is 3.51. The van der Waals surface area contributed by atoms with E-state index in [1.165, 1.54) is 30.0 Å². The fraction of sp³-hybridized carbons (Fsp3) is 0.211. The number of phenolic OH excluding ortho intramolecular Hbond substituents is 2. The lowest BCUT2D eigenvalue weighted by Gasteiger charge is -2.12. The van der Waals surface area contributed by atoms with Crippen molar-refractivity contribution in [3.63, 3.8) is 0 Å². The number of Topliss-reactive ketones (excluding diaryl/α,β-unsaturated/α-hetero) is 1. The summed E-state index contributed by atoms with van der Waals surface area (Å²) in [5.74, 6) is -0.774. The van der Waals surface area contributed by atoms with Gasteiger partial charge in [0, 0.05) is 12.1 Å². The Kier molecular flexibility index (Phi) is 5.27. The van der Waals surface area contributed by atoms with Crippen molar-refractivity contribution in [3.05, 3.63) is 58.4 Å². The van der Waals surface area contributed by atoms with Crippen molar-refractivity contribution in [2.24, 2.45) is 0 Å². The molecular weight excluding hydrogens is 352 g/mol. The zero-order valence-electron chi connectivity index (χ0n) is 14.2. The molecule has 0 radical (unpaired) electrons. The smallest absolute Gasteiger partial charge is 0.262 e. The molecule has 7 heteroatoms.